The van der Waals surface area contributed by atoms with Gasteiger partial charge in [-0.15, -0.1) is 10.2 Å². The van der Waals surface area contributed by atoms with Crippen molar-refractivity contribution in [2.45, 2.75) is 12.1 Å². The molecule has 4 N–H and O–H groups in total. The smallest absolute Gasteiger partial charge is 0.234 e. The van der Waals surface area contributed by atoms with E-state index in [0.29, 0.717) is 16.7 Å². The molecule has 0 bridgehead atoms. The highest BCUT2D eigenvalue weighted by atomic mass is 79.9. The number of hydrogen-bond donors (Lipinski definition) is 3. The van der Waals surface area contributed by atoms with Crippen LogP contribution in [0.4, 0.5) is 5.69 Å². The molecule has 2 aromatic heterocycles. The molecular formula is C20H18BrN7OS. The van der Waals surface area contributed by atoms with Gasteiger partial charge in [-0.25, -0.2) is 4.68 Å². The number of hydrogen-bond acceptors (Lipinski definition) is 6. The van der Waals surface area contributed by atoms with Crippen molar-refractivity contribution >= 4 is 39.3 Å². The molecule has 0 atom stereocenters. The van der Waals surface area contributed by atoms with Gasteiger partial charge in [0.25, 0.3) is 0 Å². The van der Waals surface area contributed by atoms with Crippen molar-refractivity contribution in [2.75, 3.05) is 16.9 Å². The van der Waals surface area contributed by atoms with Gasteiger partial charge in [-0.05, 0) is 37.3 Å². The first-order valence-electron chi connectivity index (χ1n) is 9.01. The van der Waals surface area contributed by atoms with Crippen LogP contribution in [0.2, 0.25) is 0 Å². The Morgan fingerprint density at radius 1 is 1.17 bits per heavy atom. The van der Waals surface area contributed by atoms with Crippen molar-refractivity contribution in [3.8, 4) is 22.8 Å². The summed E-state index contributed by atoms with van der Waals surface area (Å²) in [4.78, 5) is 12.2. The van der Waals surface area contributed by atoms with Crippen molar-refractivity contribution in [3.05, 3.63) is 64.6 Å². The second kappa shape index (κ2) is 8.72. The van der Waals surface area contributed by atoms with Gasteiger partial charge in [0.15, 0.2) is 0 Å². The molecule has 4 rings (SSSR count). The predicted molar refractivity (Wildman–Crippen MR) is 121 cm³/mol. The maximum atomic E-state index is 12.2. The third kappa shape index (κ3) is 4.55. The number of benzene rings is 2. The van der Waals surface area contributed by atoms with Crippen LogP contribution in [-0.4, -0.2) is 36.7 Å². The molecule has 1 amide bonds. The molecule has 4 aromatic rings. The van der Waals surface area contributed by atoms with Crippen molar-refractivity contribution in [2.24, 2.45) is 0 Å². The maximum Gasteiger partial charge on any atom is 0.234 e. The summed E-state index contributed by atoms with van der Waals surface area (Å²) < 4.78 is 2.30. The number of H-pyrrole nitrogens is 1. The number of nitrogens with two attached hydrogens (primary N) is 1. The molecule has 0 saturated carbocycles. The summed E-state index contributed by atoms with van der Waals surface area (Å²) in [6.45, 7) is 2.04. The number of carbonyl (C=O) groups is 1. The largest absolute Gasteiger partial charge is 0.335 e. The molecule has 0 radical (unpaired) electrons. The average Bonchev–Trinajstić information content (AvgIpc) is 3.35. The Balaban J connectivity index is 1.42. The van der Waals surface area contributed by atoms with E-state index in [1.807, 2.05) is 61.5 Å². The van der Waals surface area contributed by atoms with Crippen LogP contribution < -0.4 is 11.2 Å². The molecule has 2 heterocycles. The number of nitrogens with zero attached hydrogens (tertiary/aromatic N) is 4. The molecule has 0 spiro atoms. The van der Waals surface area contributed by atoms with E-state index >= 15 is 0 Å². The van der Waals surface area contributed by atoms with Gasteiger partial charge in [0.2, 0.25) is 16.9 Å². The molecular weight excluding hydrogens is 466 g/mol. The van der Waals surface area contributed by atoms with E-state index in [-0.39, 0.29) is 11.7 Å². The normalized spacial score (nSPS) is 10.9. The van der Waals surface area contributed by atoms with Gasteiger partial charge < -0.3 is 11.2 Å². The van der Waals surface area contributed by atoms with Crippen LogP contribution in [0.25, 0.3) is 22.8 Å². The highest BCUT2D eigenvalue weighted by Gasteiger charge is 2.16. The summed E-state index contributed by atoms with van der Waals surface area (Å²) in [6, 6.07) is 17.3. The van der Waals surface area contributed by atoms with E-state index in [9.17, 15) is 4.79 Å². The first-order valence-corrected chi connectivity index (χ1v) is 10.8. The van der Waals surface area contributed by atoms with Crippen LogP contribution in [0.5, 0.6) is 0 Å². The molecule has 0 saturated heterocycles. The lowest BCUT2D eigenvalue weighted by atomic mass is 10.1. The molecule has 8 nitrogen and oxygen atoms in total. The summed E-state index contributed by atoms with van der Waals surface area (Å²) in [5, 5.41) is 18.8. The SMILES string of the molecule is Cc1ccc(-c2cc(-c3nnc(SCC(=O)Nc4ccc(Br)cc4)n3N)[nH]n2)cc1. The number of anilines is 1. The number of nitrogens with one attached hydrogen (secondary N) is 2. The molecule has 0 fully saturated rings. The second-order valence-corrected chi connectivity index (χ2v) is 8.41. The molecule has 0 aliphatic heterocycles. The van der Waals surface area contributed by atoms with Gasteiger partial charge in [0.05, 0.1) is 11.4 Å². The highest BCUT2D eigenvalue weighted by molar-refractivity contribution is 9.10. The number of carbonyl (C=O) groups excluding carboxylic acids is 1. The van der Waals surface area contributed by atoms with Gasteiger partial charge in [-0.2, -0.15) is 5.10 Å². The minimum atomic E-state index is -0.157. The molecule has 0 aliphatic rings. The second-order valence-electron chi connectivity index (χ2n) is 6.55. The molecule has 152 valence electrons. The Morgan fingerprint density at radius 3 is 2.63 bits per heavy atom. The molecule has 30 heavy (non-hydrogen) atoms. The van der Waals surface area contributed by atoms with E-state index in [1.165, 1.54) is 22.0 Å². The third-order valence-electron chi connectivity index (χ3n) is 4.29. The van der Waals surface area contributed by atoms with E-state index < -0.39 is 0 Å². The number of aryl methyl sites for hydroxylation is 1. The van der Waals surface area contributed by atoms with Crippen molar-refractivity contribution in [3.63, 3.8) is 0 Å². The number of halogens is 1. The minimum absolute atomic E-state index is 0.156. The van der Waals surface area contributed by atoms with Crippen molar-refractivity contribution < 1.29 is 4.79 Å². The Hall–Kier alpha value is -3.11. The predicted octanol–water partition coefficient (Wildman–Crippen LogP) is 3.85. The van der Waals surface area contributed by atoms with Gasteiger partial charge in [-0.3, -0.25) is 9.89 Å². The molecule has 0 aliphatic carbocycles. The number of aromatic amines is 1. The Bertz CT molecular complexity index is 1170. The highest BCUT2D eigenvalue weighted by Crippen LogP contribution is 2.25. The van der Waals surface area contributed by atoms with Gasteiger partial charge in [0, 0.05) is 15.7 Å². The Morgan fingerprint density at radius 2 is 1.90 bits per heavy atom. The van der Waals surface area contributed by atoms with Gasteiger partial charge >= 0.3 is 0 Å². The molecule has 0 unspecified atom stereocenters. The van der Waals surface area contributed by atoms with Gasteiger partial charge in [-0.1, -0.05) is 57.5 Å². The molecule has 10 heteroatoms. The summed E-state index contributed by atoms with van der Waals surface area (Å²) in [7, 11) is 0. The van der Waals surface area contributed by atoms with E-state index in [4.69, 9.17) is 5.84 Å². The third-order valence-corrected chi connectivity index (χ3v) is 5.76. The van der Waals surface area contributed by atoms with Crippen LogP contribution in [0, 0.1) is 6.92 Å². The van der Waals surface area contributed by atoms with Crippen molar-refractivity contribution in [1.29, 1.82) is 0 Å². The summed E-state index contributed by atoms with van der Waals surface area (Å²) in [5.41, 5.74) is 4.33. The standard InChI is InChI=1S/C20H18BrN7OS/c1-12-2-4-13(5-3-12)16-10-17(25-24-16)19-26-27-20(28(19)22)30-11-18(29)23-15-8-6-14(21)7-9-15/h2-10H,11,22H2,1H3,(H,23,29)(H,24,25). The maximum absolute atomic E-state index is 12.2. The van der Waals surface area contributed by atoms with Crippen LogP contribution in [-0.2, 0) is 4.79 Å². The van der Waals surface area contributed by atoms with Crippen LogP contribution in [0.3, 0.4) is 0 Å². The van der Waals surface area contributed by atoms with E-state index in [0.717, 1.165) is 21.4 Å². The fraction of sp³-hybridized carbons (Fsp3) is 0.100. The van der Waals surface area contributed by atoms with Crippen LogP contribution >= 0.6 is 27.7 Å². The first kappa shape index (κ1) is 20.2. The lowest BCUT2D eigenvalue weighted by molar-refractivity contribution is -0.113. The first-order chi connectivity index (χ1) is 14.5. The fourth-order valence-electron chi connectivity index (χ4n) is 2.73. The summed E-state index contributed by atoms with van der Waals surface area (Å²) >= 11 is 4.57. The number of aromatic nitrogens is 5. The number of amides is 1. The zero-order valence-electron chi connectivity index (χ0n) is 16.0. The Labute approximate surface area is 185 Å². The summed E-state index contributed by atoms with van der Waals surface area (Å²) in [6.07, 6.45) is 0. The number of thioether (sulfide) groups is 1. The number of nitrogen functional groups attached to an aromatic ring is 1. The van der Waals surface area contributed by atoms with Gasteiger partial charge in [0.1, 0.15) is 5.69 Å². The zero-order chi connectivity index (χ0) is 21.1. The summed E-state index contributed by atoms with van der Waals surface area (Å²) in [5.74, 6) is 6.58. The fourth-order valence-corrected chi connectivity index (χ4v) is 3.65. The van der Waals surface area contributed by atoms with E-state index in [2.05, 4.69) is 41.6 Å². The average molecular weight is 484 g/mol. The van der Waals surface area contributed by atoms with E-state index in [1.54, 1.807) is 0 Å². The lowest BCUT2D eigenvalue weighted by Gasteiger charge is -2.05. The van der Waals surface area contributed by atoms with Crippen molar-refractivity contribution in [1.82, 2.24) is 25.1 Å². The zero-order valence-corrected chi connectivity index (χ0v) is 18.4. The topological polar surface area (TPSA) is 115 Å². The number of rotatable bonds is 6. The minimum Gasteiger partial charge on any atom is -0.335 e. The quantitative estimate of drug-likeness (QED) is 0.283. The van der Waals surface area contributed by atoms with Crippen LogP contribution in [0.15, 0.2) is 64.2 Å². The monoisotopic (exact) mass is 483 g/mol. The van der Waals surface area contributed by atoms with Crippen LogP contribution in [0.1, 0.15) is 5.56 Å². The molecule has 2 aromatic carbocycles. The lowest BCUT2D eigenvalue weighted by Crippen LogP contribution is -2.16. The Kier molecular flexibility index (Phi) is 5.86.